The lowest BCUT2D eigenvalue weighted by Gasteiger charge is -2.15. The molecule has 0 aliphatic heterocycles. The van der Waals surface area contributed by atoms with E-state index < -0.39 is 17.4 Å². The quantitative estimate of drug-likeness (QED) is 0.269. The summed E-state index contributed by atoms with van der Waals surface area (Å²) in [6.45, 7) is 1.94. The SMILES string of the molecule is Cc1ccc(OC[C@H](O)Cn2c(N/N=C\c3cccnc3)nc3c2c(=O)[nH]c(=O)n3C)cc1. The molecule has 0 saturated heterocycles. The summed E-state index contributed by atoms with van der Waals surface area (Å²) < 4.78 is 8.34. The van der Waals surface area contributed by atoms with Crippen LogP contribution in [0, 0.1) is 6.92 Å². The number of nitrogens with one attached hydrogen (secondary N) is 2. The van der Waals surface area contributed by atoms with Crippen LogP contribution in [0.4, 0.5) is 5.95 Å². The highest BCUT2D eigenvalue weighted by Gasteiger charge is 2.20. The van der Waals surface area contributed by atoms with E-state index in [9.17, 15) is 14.7 Å². The number of aromatic amines is 1. The average Bonchev–Trinajstić information content (AvgIpc) is 3.16. The maximum absolute atomic E-state index is 12.6. The summed E-state index contributed by atoms with van der Waals surface area (Å²) in [6.07, 6.45) is 3.85. The monoisotopic (exact) mass is 449 g/mol. The number of rotatable bonds is 8. The van der Waals surface area contributed by atoms with Crippen LogP contribution in [0.2, 0.25) is 0 Å². The van der Waals surface area contributed by atoms with Gasteiger partial charge in [0.25, 0.3) is 5.56 Å². The molecular weight excluding hydrogens is 426 g/mol. The van der Waals surface area contributed by atoms with Crippen LogP contribution in [0.25, 0.3) is 11.2 Å². The number of hydrogen-bond donors (Lipinski definition) is 3. The summed E-state index contributed by atoms with van der Waals surface area (Å²) in [5, 5.41) is 14.8. The summed E-state index contributed by atoms with van der Waals surface area (Å²) in [5.74, 6) is 0.807. The number of fused-ring (bicyclic) bond motifs is 1. The topological polar surface area (TPSA) is 139 Å². The number of benzene rings is 1. The van der Waals surface area contributed by atoms with Crippen molar-refractivity contribution in [2.75, 3.05) is 12.0 Å². The summed E-state index contributed by atoms with van der Waals surface area (Å²) in [7, 11) is 1.50. The molecule has 0 amide bonds. The van der Waals surface area contributed by atoms with Crippen LogP contribution in [0.1, 0.15) is 11.1 Å². The molecule has 0 spiro atoms. The second-order valence-corrected chi connectivity index (χ2v) is 7.47. The molecule has 0 unspecified atom stereocenters. The van der Waals surface area contributed by atoms with Crippen molar-refractivity contribution in [3.63, 3.8) is 0 Å². The van der Waals surface area contributed by atoms with Gasteiger partial charge in [-0.2, -0.15) is 10.1 Å². The third-order valence-electron chi connectivity index (χ3n) is 4.93. The van der Waals surface area contributed by atoms with Gasteiger partial charge in [0.1, 0.15) is 18.5 Å². The number of aliphatic hydroxyl groups is 1. The van der Waals surface area contributed by atoms with Crippen LogP contribution >= 0.6 is 0 Å². The van der Waals surface area contributed by atoms with Gasteiger partial charge in [-0.3, -0.25) is 19.3 Å². The third-order valence-corrected chi connectivity index (χ3v) is 4.93. The van der Waals surface area contributed by atoms with Crippen molar-refractivity contribution in [2.24, 2.45) is 12.1 Å². The minimum absolute atomic E-state index is 0.00913. The second-order valence-electron chi connectivity index (χ2n) is 7.47. The molecule has 4 rings (SSSR count). The van der Waals surface area contributed by atoms with E-state index in [1.807, 2.05) is 37.3 Å². The molecule has 170 valence electrons. The number of aromatic nitrogens is 5. The van der Waals surface area contributed by atoms with Crippen LogP contribution in [-0.2, 0) is 13.6 Å². The molecule has 33 heavy (non-hydrogen) atoms. The Bertz CT molecular complexity index is 1390. The maximum Gasteiger partial charge on any atom is 0.329 e. The lowest BCUT2D eigenvalue weighted by atomic mass is 10.2. The van der Waals surface area contributed by atoms with Gasteiger partial charge < -0.3 is 14.4 Å². The minimum atomic E-state index is -0.969. The number of hydrazone groups is 1. The molecular formula is C22H23N7O4. The van der Waals surface area contributed by atoms with E-state index in [4.69, 9.17) is 4.74 Å². The van der Waals surface area contributed by atoms with Crippen molar-refractivity contribution >= 4 is 23.3 Å². The Labute approximate surface area is 188 Å². The van der Waals surface area contributed by atoms with Crippen LogP contribution in [0.5, 0.6) is 5.75 Å². The molecule has 4 aromatic rings. The molecule has 0 saturated carbocycles. The Morgan fingerprint density at radius 2 is 2.06 bits per heavy atom. The van der Waals surface area contributed by atoms with Gasteiger partial charge in [-0.05, 0) is 25.1 Å². The number of aryl methyl sites for hydroxylation is 2. The van der Waals surface area contributed by atoms with Crippen LogP contribution in [-0.4, -0.2) is 48.1 Å². The highest BCUT2D eigenvalue weighted by molar-refractivity contribution is 5.80. The van der Waals surface area contributed by atoms with E-state index >= 15 is 0 Å². The van der Waals surface area contributed by atoms with Crippen molar-refractivity contribution in [1.29, 1.82) is 0 Å². The second kappa shape index (κ2) is 9.49. The first kappa shape index (κ1) is 22.0. The standard InChI is InChI=1S/C22H23N7O4/c1-14-5-7-17(8-6-14)33-13-16(30)12-29-18-19(28(2)22(32)26-20(18)31)25-21(29)27-24-11-15-4-3-9-23-10-15/h3-11,16,30H,12-13H2,1-2H3,(H,25,27)(H,26,31,32)/b24-11-/t16-/m1/s1. The lowest BCUT2D eigenvalue weighted by molar-refractivity contribution is 0.0938. The summed E-state index contributed by atoms with van der Waals surface area (Å²) >= 11 is 0. The van der Waals surface area contributed by atoms with Gasteiger partial charge in [0.2, 0.25) is 5.95 Å². The Balaban J connectivity index is 1.61. The zero-order valence-electron chi connectivity index (χ0n) is 18.1. The van der Waals surface area contributed by atoms with E-state index in [1.54, 1.807) is 18.5 Å². The van der Waals surface area contributed by atoms with Crippen LogP contribution in [0.3, 0.4) is 0 Å². The first-order valence-corrected chi connectivity index (χ1v) is 10.2. The van der Waals surface area contributed by atoms with Crippen LogP contribution in [0.15, 0.2) is 63.5 Å². The molecule has 1 atom stereocenters. The predicted molar refractivity (Wildman–Crippen MR) is 124 cm³/mol. The zero-order valence-corrected chi connectivity index (χ0v) is 18.1. The number of anilines is 1. The van der Waals surface area contributed by atoms with Gasteiger partial charge in [0.05, 0.1) is 12.8 Å². The smallest absolute Gasteiger partial charge is 0.329 e. The fourth-order valence-electron chi connectivity index (χ4n) is 3.20. The molecule has 0 fully saturated rings. The fraction of sp³-hybridized carbons (Fsp3) is 0.227. The third kappa shape index (κ3) is 4.99. The zero-order chi connectivity index (χ0) is 23.4. The number of H-pyrrole nitrogens is 1. The molecule has 3 aromatic heterocycles. The molecule has 11 nitrogen and oxygen atoms in total. The highest BCUT2D eigenvalue weighted by Crippen LogP contribution is 2.17. The normalized spacial score (nSPS) is 12.3. The van der Waals surface area contributed by atoms with Crippen molar-refractivity contribution in [3.05, 3.63) is 80.8 Å². The van der Waals surface area contributed by atoms with E-state index in [-0.39, 0.29) is 30.3 Å². The average molecular weight is 449 g/mol. The largest absolute Gasteiger partial charge is 0.491 e. The molecule has 11 heteroatoms. The van der Waals surface area contributed by atoms with Gasteiger partial charge in [-0.15, -0.1) is 0 Å². The lowest BCUT2D eigenvalue weighted by Crippen LogP contribution is -2.30. The minimum Gasteiger partial charge on any atom is -0.491 e. The van der Waals surface area contributed by atoms with Gasteiger partial charge >= 0.3 is 5.69 Å². The fourth-order valence-corrected chi connectivity index (χ4v) is 3.20. The van der Waals surface area contributed by atoms with E-state index in [0.717, 1.165) is 11.1 Å². The highest BCUT2D eigenvalue weighted by atomic mass is 16.5. The van der Waals surface area contributed by atoms with Crippen molar-refractivity contribution in [1.82, 2.24) is 24.1 Å². The van der Waals surface area contributed by atoms with E-state index in [2.05, 4.69) is 25.5 Å². The number of imidazole rings is 1. The summed E-state index contributed by atoms with van der Waals surface area (Å²) in [4.78, 5) is 35.2. The van der Waals surface area contributed by atoms with Crippen molar-refractivity contribution < 1.29 is 9.84 Å². The number of ether oxygens (including phenoxy) is 1. The Morgan fingerprint density at radius 1 is 1.27 bits per heavy atom. The first-order valence-electron chi connectivity index (χ1n) is 10.2. The van der Waals surface area contributed by atoms with E-state index in [0.29, 0.717) is 5.75 Å². The Kier molecular flexibility index (Phi) is 6.31. The van der Waals surface area contributed by atoms with Gasteiger partial charge in [-0.25, -0.2) is 10.2 Å². The van der Waals surface area contributed by atoms with Crippen molar-refractivity contribution in [3.8, 4) is 5.75 Å². The molecule has 0 aliphatic rings. The Hall–Kier alpha value is -4.25. The molecule has 0 radical (unpaired) electrons. The maximum atomic E-state index is 12.6. The first-order chi connectivity index (χ1) is 15.9. The molecule has 0 bridgehead atoms. The summed E-state index contributed by atoms with van der Waals surface area (Å²) in [6, 6.07) is 11.0. The summed E-state index contributed by atoms with van der Waals surface area (Å²) in [5.41, 5.74) is 3.72. The number of aliphatic hydroxyl groups excluding tert-OH is 1. The molecule has 1 aromatic carbocycles. The number of nitrogens with zero attached hydrogens (tertiary/aromatic N) is 5. The van der Waals surface area contributed by atoms with Crippen molar-refractivity contribution in [2.45, 2.75) is 19.6 Å². The van der Waals surface area contributed by atoms with Gasteiger partial charge in [0.15, 0.2) is 11.2 Å². The van der Waals surface area contributed by atoms with Gasteiger partial charge in [-0.1, -0.05) is 23.8 Å². The molecule has 3 heterocycles. The van der Waals surface area contributed by atoms with Crippen LogP contribution < -0.4 is 21.4 Å². The number of pyridine rings is 1. The Morgan fingerprint density at radius 3 is 2.79 bits per heavy atom. The predicted octanol–water partition coefficient (Wildman–Crippen LogP) is 1.01. The van der Waals surface area contributed by atoms with Gasteiger partial charge in [0, 0.05) is 25.0 Å². The molecule has 3 N–H and O–H groups in total. The molecule has 0 aliphatic carbocycles. The number of hydrogen-bond acceptors (Lipinski definition) is 8. The van der Waals surface area contributed by atoms with E-state index in [1.165, 1.54) is 22.4 Å².